The molecular formula is C20H19ClN6O2S. The number of carbonyl (C=O) groups excluding carboxylic acids is 1. The molecule has 4 rings (SSSR count). The number of amides is 1. The fourth-order valence-corrected chi connectivity index (χ4v) is 4.05. The van der Waals surface area contributed by atoms with Gasteiger partial charge in [0.25, 0.3) is 5.56 Å². The van der Waals surface area contributed by atoms with Crippen molar-refractivity contribution in [3.05, 3.63) is 58.1 Å². The Kier molecular flexibility index (Phi) is 6.01. The summed E-state index contributed by atoms with van der Waals surface area (Å²) in [6, 6.07) is 10.7. The van der Waals surface area contributed by atoms with Crippen molar-refractivity contribution in [3.8, 4) is 0 Å². The first-order valence-electron chi connectivity index (χ1n) is 9.50. The van der Waals surface area contributed by atoms with Crippen molar-refractivity contribution in [2.75, 3.05) is 11.1 Å². The van der Waals surface area contributed by atoms with Crippen LogP contribution in [0.2, 0.25) is 5.15 Å². The van der Waals surface area contributed by atoms with Gasteiger partial charge in [-0.05, 0) is 30.7 Å². The monoisotopic (exact) mass is 442 g/mol. The maximum atomic E-state index is 13.0. The molecule has 0 bridgehead atoms. The van der Waals surface area contributed by atoms with Crippen LogP contribution in [0.3, 0.4) is 0 Å². The third-order valence-corrected chi connectivity index (χ3v) is 5.81. The predicted molar refractivity (Wildman–Crippen MR) is 118 cm³/mol. The lowest BCUT2D eigenvalue weighted by Crippen LogP contribution is -2.23. The molecule has 0 saturated carbocycles. The lowest BCUT2D eigenvalue weighted by atomic mass is 10.2. The van der Waals surface area contributed by atoms with Crippen molar-refractivity contribution >= 4 is 51.6 Å². The molecule has 0 spiro atoms. The van der Waals surface area contributed by atoms with Crippen LogP contribution in [0.15, 0.2) is 52.5 Å². The summed E-state index contributed by atoms with van der Waals surface area (Å²) in [4.78, 5) is 29.3. The van der Waals surface area contributed by atoms with Gasteiger partial charge in [0.1, 0.15) is 0 Å². The molecule has 4 aromatic rings. The lowest BCUT2D eigenvalue weighted by Gasteiger charge is -2.11. The Morgan fingerprint density at radius 1 is 1.20 bits per heavy atom. The number of aromatic nitrogens is 5. The number of nitrogens with zero attached hydrogens (tertiary/aromatic N) is 5. The molecule has 0 aliphatic rings. The molecule has 1 amide bonds. The van der Waals surface area contributed by atoms with Gasteiger partial charge in [-0.1, -0.05) is 48.8 Å². The number of para-hydroxylation sites is 1. The second-order valence-corrected chi connectivity index (χ2v) is 7.92. The van der Waals surface area contributed by atoms with Crippen LogP contribution in [-0.4, -0.2) is 35.8 Å². The van der Waals surface area contributed by atoms with Crippen LogP contribution >= 0.6 is 23.4 Å². The molecule has 8 nitrogen and oxygen atoms in total. The van der Waals surface area contributed by atoms with Crippen molar-refractivity contribution in [2.45, 2.75) is 31.5 Å². The molecule has 0 aliphatic carbocycles. The van der Waals surface area contributed by atoms with Gasteiger partial charge in [0.2, 0.25) is 11.7 Å². The molecule has 30 heavy (non-hydrogen) atoms. The molecular weight excluding hydrogens is 424 g/mol. The van der Waals surface area contributed by atoms with Gasteiger partial charge in [0.15, 0.2) is 10.3 Å². The first kappa shape index (κ1) is 20.4. The molecule has 0 saturated heterocycles. The molecule has 3 heterocycles. The first-order chi connectivity index (χ1) is 14.6. The average molecular weight is 443 g/mol. The Hall–Kier alpha value is -2.91. The minimum atomic E-state index is -0.240. The highest BCUT2D eigenvalue weighted by Gasteiger charge is 2.17. The number of benzene rings is 1. The van der Waals surface area contributed by atoms with E-state index >= 15 is 0 Å². The smallest absolute Gasteiger partial charge is 0.262 e. The van der Waals surface area contributed by atoms with Gasteiger partial charge in [-0.2, -0.15) is 0 Å². The van der Waals surface area contributed by atoms with E-state index in [-0.39, 0.29) is 22.4 Å². The highest BCUT2D eigenvalue weighted by atomic mass is 35.5. The maximum Gasteiger partial charge on any atom is 0.262 e. The zero-order valence-electron chi connectivity index (χ0n) is 16.2. The van der Waals surface area contributed by atoms with Crippen molar-refractivity contribution in [1.29, 1.82) is 0 Å². The van der Waals surface area contributed by atoms with E-state index in [9.17, 15) is 9.59 Å². The minimum absolute atomic E-state index is 0.0838. The molecule has 1 N–H and O–H groups in total. The lowest BCUT2D eigenvalue weighted by molar-refractivity contribution is -0.113. The SMILES string of the molecule is CCCCn1c(=O)c2ccccc2n2c(SCC(=O)Nc3cccnc3Cl)nnc12. The number of carbonyl (C=O) groups is 1. The zero-order valence-corrected chi connectivity index (χ0v) is 17.8. The molecule has 0 unspecified atom stereocenters. The molecule has 10 heteroatoms. The number of pyridine rings is 1. The average Bonchev–Trinajstić information content (AvgIpc) is 3.18. The minimum Gasteiger partial charge on any atom is -0.323 e. The van der Waals surface area contributed by atoms with Crippen molar-refractivity contribution < 1.29 is 4.79 Å². The molecule has 0 radical (unpaired) electrons. The van der Waals surface area contributed by atoms with E-state index in [1.165, 1.54) is 11.8 Å². The number of aryl methyl sites for hydroxylation is 1. The van der Waals surface area contributed by atoms with Crippen LogP contribution in [0, 0.1) is 0 Å². The van der Waals surface area contributed by atoms with E-state index in [2.05, 4.69) is 27.4 Å². The van der Waals surface area contributed by atoms with Crippen LogP contribution in [0.4, 0.5) is 5.69 Å². The number of halogens is 1. The fourth-order valence-electron chi connectivity index (χ4n) is 3.14. The Morgan fingerprint density at radius 3 is 2.83 bits per heavy atom. The number of fused-ring (bicyclic) bond motifs is 3. The molecule has 0 aliphatic heterocycles. The Bertz CT molecular complexity index is 1290. The van der Waals surface area contributed by atoms with Gasteiger partial charge in [0.05, 0.1) is 22.3 Å². The maximum absolute atomic E-state index is 13.0. The van der Waals surface area contributed by atoms with Crippen molar-refractivity contribution in [1.82, 2.24) is 24.1 Å². The third kappa shape index (κ3) is 3.90. The topological polar surface area (TPSA) is 94.2 Å². The zero-order chi connectivity index (χ0) is 21.1. The highest BCUT2D eigenvalue weighted by molar-refractivity contribution is 7.99. The number of nitrogens with one attached hydrogen (secondary N) is 1. The normalized spacial score (nSPS) is 11.3. The van der Waals surface area contributed by atoms with Crippen LogP contribution in [0.5, 0.6) is 0 Å². The number of anilines is 1. The fraction of sp³-hybridized carbons (Fsp3) is 0.250. The first-order valence-corrected chi connectivity index (χ1v) is 10.9. The summed E-state index contributed by atoms with van der Waals surface area (Å²) >= 11 is 7.24. The van der Waals surface area contributed by atoms with E-state index < -0.39 is 0 Å². The number of thioether (sulfide) groups is 1. The van der Waals surface area contributed by atoms with Gasteiger partial charge in [0, 0.05) is 12.7 Å². The summed E-state index contributed by atoms with van der Waals surface area (Å²) in [5.74, 6) is 0.342. The van der Waals surface area contributed by atoms with Crippen LogP contribution < -0.4 is 10.9 Å². The van der Waals surface area contributed by atoms with Crippen LogP contribution in [0.25, 0.3) is 16.7 Å². The third-order valence-electron chi connectivity index (χ3n) is 4.58. The van der Waals surface area contributed by atoms with Crippen molar-refractivity contribution in [2.24, 2.45) is 0 Å². The summed E-state index contributed by atoms with van der Waals surface area (Å²) in [5, 5.41) is 12.6. The highest BCUT2D eigenvalue weighted by Crippen LogP contribution is 2.23. The standard InChI is InChI=1S/C20H19ClN6O2S/c1-2-3-11-26-18(29)13-7-4-5-9-15(13)27-19(26)24-25-20(27)30-12-16(28)23-14-8-6-10-22-17(14)21/h4-10H,2-3,11-12H2,1H3,(H,23,28). The largest absolute Gasteiger partial charge is 0.323 e. The number of hydrogen-bond donors (Lipinski definition) is 1. The van der Waals surface area contributed by atoms with E-state index in [0.717, 1.165) is 12.8 Å². The Morgan fingerprint density at radius 2 is 2.03 bits per heavy atom. The van der Waals surface area contributed by atoms with Gasteiger partial charge in [-0.3, -0.25) is 18.6 Å². The molecule has 0 atom stereocenters. The molecule has 1 aromatic carbocycles. The molecule has 154 valence electrons. The molecule has 3 aromatic heterocycles. The summed E-state index contributed by atoms with van der Waals surface area (Å²) in [6.07, 6.45) is 3.37. The Balaban J connectivity index is 1.67. The van der Waals surface area contributed by atoms with Gasteiger partial charge < -0.3 is 5.32 Å². The van der Waals surface area contributed by atoms with E-state index in [1.54, 1.807) is 29.0 Å². The number of unbranched alkanes of at least 4 members (excludes halogenated alkanes) is 1. The van der Waals surface area contributed by atoms with Crippen molar-refractivity contribution in [3.63, 3.8) is 0 Å². The predicted octanol–water partition coefficient (Wildman–Crippen LogP) is 3.62. The molecule has 0 fully saturated rings. The van der Waals surface area contributed by atoms with E-state index in [0.29, 0.717) is 34.1 Å². The van der Waals surface area contributed by atoms with E-state index in [1.807, 2.05) is 22.6 Å². The van der Waals surface area contributed by atoms with Gasteiger partial charge in [-0.15, -0.1) is 10.2 Å². The van der Waals surface area contributed by atoms with Gasteiger partial charge >= 0.3 is 0 Å². The second-order valence-electron chi connectivity index (χ2n) is 6.62. The van der Waals surface area contributed by atoms with E-state index in [4.69, 9.17) is 11.6 Å². The summed E-state index contributed by atoms with van der Waals surface area (Å²) in [6.45, 7) is 2.63. The second kappa shape index (κ2) is 8.85. The summed E-state index contributed by atoms with van der Waals surface area (Å²) in [7, 11) is 0. The summed E-state index contributed by atoms with van der Waals surface area (Å²) < 4.78 is 3.49. The van der Waals surface area contributed by atoms with Crippen LogP contribution in [0.1, 0.15) is 19.8 Å². The van der Waals surface area contributed by atoms with Gasteiger partial charge in [-0.25, -0.2) is 4.98 Å². The quantitative estimate of drug-likeness (QED) is 0.347. The number of hydrogen-bond acceptors (Lipinski definition) is 6. The summed E-state index contributed by atoms with van der Waals surface area (Å²) in [5.41, 5.74) is 1.09. The van der Waals surface area contributed by atoms with Crippen LogP contribution in [-0.2, 0) is 11.3 Å². The number of rotatable bonds is 7. The Labute approximate surface area is 181 Å².